The smallest absolute Gasteiger partial charge is 0.119 e. The quantitative estimate of drug-likeness (QED) is 0.375. The predicted octanol–water partition coefficient (Wildman–Crippen LogP) is 10.2. The first-order valence-electron chi connectivity index (χ1n) is 13.7. The summed E-state index contributed by atoms with van der Waals surface area (Å²) in [6.45, 7) is 18.9. The Morgan fingerprint density at radius 1 is 0.541 bits per heavy atom. The van der Waals surface area contributed by atoms with Crippen LogP contribution in [0.15, 0.2) is 54.6 Å². The lowest BCUT2D eigenvalue weighted by molar-refractivity contribution is 0.332. The van der Waals surface area contributed by atoms with E-state index in [1.54, 1.807) is 6.07 Å². The Balaban J connectivity index is 1.75. The number of hydrogen-bond donors (Lipinski definition) is 1. The van der Waals surface area contributed by atoms with Crippen LogP contribution in [-0.4, -0.2) is 5.11 Å². The summed E-state index contributed by atoms with van der Waals surface area (Å²) in [4.78, 5) is 2.27. The van der Waals surface area contributed by atoms with Gasteiger partial charge in [-0.05, 0) is 106 Å². The van der Waals surface area contributed by atoms with Crippen molar-refractivity contribution in [1.82, 2.24) is 0 Å². The first kappa shape index (κ1) is 26.2. The van der Waals surface area contributed by atoms with Crippen LogP contribution in [0.3, 0.4) is 0 Å². The second-order valence-corrected chi connectivity index (χ2v) is 14.4. The zero-order valence-electron chi connectivity index (χ0n) is 23.8. The van der Waals surface area contributed by atoms with Gasteiger partial charge < -0.3 is 10.0 Å². The maximum Gasteiger partial charge on any atom is 0.119 e. The van der Waals surface area contributed by atoms with E-state index in [0.29, 0.717) is 5.02 Å². The number of nitrogens with zero attached hydrogens (tertiary/aromatic N) is 1. The van der Waals surface area contributed by atoms with Crippen LogP contribution in [0.2, 0.25) is 5.02 Å². The highest BCUT2D eigenvalue weighted by molar-refractivity contribution is 6.31. The first-order valence-corrected chi connectivity index (χ1v) is 14.1. The highest BCUT2D eigenvalue weighted by Crippen LogP contribution is 2.50. The van der Waals surface area contributed by atoms with E-state index in [-0.39, 0.29) is 27.4 Å². The molecule has 0 aliphatic heterocycles. The normalized spacial score (nSPS) is 20.6. The fourth-order valence-corrected chi connectivity index (χ4v) is 6.79. The number of phenols is 1. The van der Waals surface area contributed by atoms with Crippen LogP contribution in [0, 0.1) is 0 Å². The maximum atomic E-state index is 10.5. The Morgan fingerprint density at radius 3 is 1.35 bits per heavy atom. The van der Waals surface area contributed by atoms with Crippen molar-refractivity contribution >= 4 is 28.7 Å². The average Bonchev–Trinajstić information content (AvgIpc) is 2.80. The van der Waals surface area contributed by atoms with Gasteiger partial charge in [-0.1, -0.05) is 79.1 Å². The molecule has 3 aromatic rings. The molecular formula is C34H42ClNO. The summed E-state index contributed by atoms with van der Waals surface area (Å²) in [5.74, 6) is 0.173. The summed E-state index contributed by atoms with van der Waals surface area (Å²) in [5.41, 5.74) is 9.28. The second kappa shape index (κ2) is 8.53. The molecule has 3 heteroatoms. The first-order chi connectivity index (χ1) is 17.1. The van der Waals surface area contributed by atoms with Crippen molar-refractivity contribution < 1.29 is 5.11 Å². The van der Waals surface area contributed by atoms with E-state index < -0.39 is 0 Å². The number of fused-ring (bicyclic) bond motifs is 2. The molecule has 0 saturated carbocycles. The zero-order chi connectivity index (χ0) is 27.0. The van der Waals surface area contributed by atoms with Crippen LogP contribution in [0.5, 0.6) is 5.75 Å². The van der Waals surface area contributed by atoms with Crippen molar-refractivity contribution in [2.75, 3.05) is 4.90 Å². The van der Waals surface area contributed by atoms with Crippen LogP contribution in [-0.2, 0) is 21.7 Å². The number of benzene rings is 3. The average molecular weight is 516 g/mol. The lowest BCUT2D eigenvalue weighted by Gasteiger charge is -2.43. The molecule has 1 N–H and O–H groups in total. The monoisotopic (exact) mass is 515 g/mol. The Kier molecular flexibility index (Phi) is 6.03. The van der Waals surface area contributed by atoms with Crippen molar-refractivity contribution in [3.8, 4) is 5.75 Å². The summed E-state index contributed by atoms with van der Waals surface area (Å²) < 4.78 is 0. The third-order valence-corrected chi connectivity index (χ3v) is 9.53. The minimum atomic E-state index is 0.102. The number of aromatic hydroxyl groups is 1. The molecule has 196 valence electrons. The third-order valence-electron chi connectivity index (χ3n) is 9.31. The Bertz CT molecular complexity index is 1260. The molecule has 2 aliphatic rings. The molecule has 37 heavy (non-hydrogen) atoms. The highest BCUT2D eigenvalue weighted by atomic mass is 35.5. The summed E-state index contributed by atoms with van der Waals surface area (Å²) in [5, 5.41) is 11.0. The number of rotatable bonds is 3. The van der Waals surface area contributed by atoms with E-state index in [2.05, 4.69) is 96.7 Å². The fourth-order valence-electron chi connectivity index (χ4n) is 6.57. The van der Waals surface area contributed by atoms with Crippen molar-refractivity contribution in [1.29, 1.82) is 0 Å². The van der Waals surface area contributed by atoms with Crippen LogP contribution >= 0.6 is 11.6 Å². The molecule has 2 aliphatic carbocycles. The predicted molar refractivity (Wildman–Crippen MR) is 158 cm³/mol. The lowest BCUT2D eigenvalue weighted by atomic mass is 9.63. The molecule has 2 nitrogen and oxygen atoms in total. The number of phenolic OH excluding ortho intramolecular Hbond substituents is 1. The van der Waals surface area contributed by atoms with Gasteiger partial charge in [0, 0.05) is 22.5 Å². The molecule has 0 unspecified atom stereocenters. The topological polar surface area (TPSA) is 23.5 Å². The van der Waals surface area contributed by atoms with Gasteiger partial charge in [0.2, 0.25) is 0 Å². The number of hydrogen-bond acceptors (Lipinski definition) is 2. The van der Waals surface area contributed by atoms with Crippen LogP contribution in [0.1, 0.15) is 103 Å². The largest absolute Gasteiger partial charge is 0.508 e. The van der Waals surface area contributed by atoms with Gasteiger partial charge in [0.15, 0.2) is 0 Å². The van der Waals surface area contributed by atoms with Gasteiger partial charge in [0.25, 0.3) is 0 Å². The maximum absolute atomic E-state index is 10.5. The lowest BCUT2D eigenvalue weighted by Crippen LogP contribution is -2.34. The van der Waals surface area contributed by atoms with Gasteiger partial charge in [0.1, 0.15) is 5.75 Å². The molecule has 0 heterocycles. The standard InChI is InChI=1S/C34H42ClNO/c1-31(2)13-15-33(5,6)29-20-23(9-11-27(29)31)36(25-17-22(35)18-26(37)19-25)24-10-12-28-30(21-24)34(7,8)16-14-32(28,3)4/h9-12,17-21,37H,13-16H2,1-8H3. The second-order valence-electron chi connectivity index (χ2n) is 14.0. The summed E-state index contributed by atoms with van der Waals surface area (Å²) >= 11 is 6.48. The van der Waals surface area contributed by atoms with E-state index >= 15 is 0 Å². The molecule has 0 aromatic heterocycles. The molecule has 0 atom stereocenters. The van der Waals surface area contributed by atoms with Crippen LogP contribution in [0.4, 0.5) is 17.1 Å². The van der Waals surface area contributed by atoms with E-state index in [1.807, 2.05) is 12.1 Å². The van der Waals surface area contributed by atoms with Crippen molar-refractivity contribution in [3.05, 3.63) is 81.9 Å². The molecule has 3 aromatic carbocycles. The van der Waals surface area contributed by atoms with Crippen molar-refractivity contribution in [2.45, 2.75) is 103 Å². The molecule has 0 spiro atoms. The van der Waals surface area contributed by atoms with Crippen molar-refractivity contribution in [2.24, 2.45) is 0 Å². The SMILES string of the molecule is CC1(C)CCC(C)(C)c2cc(N(c3cc(O)cc(Cl)c3)c3ccc4c(c3)C(C)(C)CCC4(C)C)ccc21. The Morgan fingerprint density at radius 2 is 0.946 bits per heavy atom. The third kappa shape index (κ3) is 4.56. The van der Waals surface area contributed by atoms with Gasteiger partial charge in [-0.15, -0.1) is 0 Å². The number of anilines is 3. The minimum absolute atomic E-state index is 0.102. The molecular weight excluding hydrogens is 474 g/mol. The highest BCUT2D eigenvalue weighted by Gasteiger charge is 2.39. The van der Waals surface area contributed by atoms with E-state index in [0.717, 1.165) is 29.9 Å². The van der Waals surface area contributed by atoms with E-state index in [1.165, 1.54) is 35.1 Å². The van der Waals surface area contributed by atoms with E-state index in [9.17, 15) is 5.11 Å². The Hall–Kier alpha value is -2.45. The Labute approximate surface area is 228 Å². The van der Waals surface area contributed by atoms with Gasteiger partial charge in [-0.2, -0.15) is 0 Å². The molecule has 0 bridgehead atoms. The van der Waals surface area contributed by atoms with Crippen LogP contribution in [0.25, 0.3) is 0 Å². The molecule has 0 radical (unpaired) electrons. The van der Waals surface area contributed by atoms with Gasteiger partial charge in [-0.25, -0.2) is 0 Å². The van der Waals surface area contributed by atoms with E-state index in [4.69, 9.17) is 11.6 Å². The minimum Gasteiger partial charge on any atom is -0.508 e. The van der Waals surface area contributed by atoms with Crippen LogP contribution < -0.4 is 4.90 Å². The zero-order valence-corrected chi connectivity index (χ0v) is 24.6. The van der Waals surface area contributed by atoms with Gasteiger partial charge in [0.05, 0.1) is 5.69 Å². The molecule has 5 rings (SSSR count). The molecule has 0 saturated heterocycles. The molecule has 0 amide bonds. The fraction of sp³-hybridized carbons (Fsp3) is 0.471. The molecule has 0 fully saturated rings. The number of halogens is 1. The van der Waals surface area contributed by atoms with Gasteiger partial charge >= 0.3 is 0 Å². The van der Waals surface area contributed by atoms with Crippen molar-refractivity contribution in [3.63, 3.8) is 0 Å². The summed E-state index contributed by atoms with van der Waals surface area (Å²) in [6, 6.07) is 19.3. The summed E-state index contributed by atoms with van der Waals surface area (Å²) in [7, 11) is 0. The summed E-state index contributed by atoms with van der Waals surface area (Å²) in [6.07, 6.45) is 4.70. The van der Waals surface area contributed by atoms with Gasteiger partial charge in [-0.3, -0.25) is 0 Å².